The van der Waals surface area contributed by atoms with Crippen LogP contribution in [0.4, 0.5) is 18.0 Å². The van der Waals surface area contributed by atoms with Crippen LogP contribution in [0.2, 0.25) is 0 Å². The summed E-state index contributed by atoms with van der Waals surface area (Å²) in [6.07, 6.45) is -2.42. The van der Waals surface area contributed by atoms with Gasteiger partial charge in [0, 0.05) is 37.5 Å². The summed E-state index contributed by atoms with van der Waals surface area (Å²) in [4.78, 5) is 21.6. The Kier molecular flexibility index (Phi) is 6.80. The van der Waals surface area contributed by atoms with Gasteiger partial charge in [-0.3, -0.25) is 0 Å². The van der Waals surface area contributed by atoms with E-state index in [-0.39, 0.29) is 29.0 Å². The molecule has 0 bridgehead atoms. The Morgan fingerprint density at radius 2 is 1.68 bits per heavy atom. The summed E-state index contributed by atoms with van der Waals surface area (Å²) in [7, 11) is 0. The van der Waals surface area contributed by atoms with Crippen molar-refractivity contribution in [3.63, 3.8) is 0 Å². The van der Waals surface area contributed by atoms with Crippen LogP contribution in [0, 0.1) is 0 Å². The number of halogens is 3. The maximum Gasteiger partial charge on any atom is 0.573 e. The van der Waals surface area contributed by atoms with Crippen molar-refractivity contribution < 1.29 is 31.9 Å². The van der Waals surface area contributed by atoms with E-state index in [4.69, 9.17) is 14.1 Å². The average molecular weight is 482 g/mol. The van der Waals surface area contributed by atoms with E-state index in [0.717, 1.165) is 11.3 Å². The molecule has 2 aromatic rings. The van der Waals surface area contributed by atoms with Crippen LogP contribution in [0.25, 0.3) is 0 Å². The molecule has 7 nitrogen and oxygen atoms in total. The summed E-state index contributed by atoms with van der Waals surface area (Å²) in [5.41, 5.74) is 1.50. The predicted molar refractivity (Wildman–Crippen MR) is 118 cm³/mol. The lowest BCUT2D eigenvalue weighted by Gasteiger charge is -2.40. The van der Waals surface area contributed by atoms with Gasteiger partial charge in [0.05, 0.1) is 24.8 Å². The zero-order valence-electron chi connectivity index (χ0n) is 19.6. The highest BCUT2D eigenvalue weighted by Crippen LogP contribution is 2.37. The number of oxazole rings is 1. The number of hydrogen-bond acceptors (Lipinski definition) is 5. The second-order valence-electron chi connectivity index (χ2n) is 9.85. The number of nitrogens with zero attached hydrogens (tertiary/aromatic N) is 3. The Bertz CT molecular complexity index is 979. The number of rotatable bonds is 3. The van der Waals surface area contributed by atoms with Crippen molar-refractivity contribution in [2.24, 2.45) is 0 Å². The SMILES string of the molecule is CC(C)(C)c1coc(C2CC(c3ccc(OC(F)(F)F)cc3)CN(C(=O)N3CCOCC3)C2)n1. The number of alkyl halides is 3. The number of amides is 2. The van der Waals surface area contributed by atoms with Crippen LogP contribution in [0.15, 0.2) is 34.9 Å². The summed E-state index contributed by atoms with van der Waals surface area (Å²) < 4.78 is 52.8. The fourth-order valence-corrected chi connectivity index (χ4v) is 4.39. The normalized spacial score (nSPS) is 22.1. The van der Waals surface area contributed by atoms with E-state index in [2.05, 4.69) is 25.5 Å². The fourth-order valence-electron chi connectivity index (χ4n) is 4.39. The van der Waals surface area contributed by atoms with Gasteiger partial charge in [-0.25, -0.2) is 9.78 Å². The Morgan fingerprint density at radius 1 is 1.03 bits per heavy atom. The highest BCUT2D eigenvalue weighted by atomic mass is 19.4. The number of urea groups is 1. The second-order valence-corrected chi connectivity index (χ2v) is 9.85. The molecule has 0 radical (unpaired) electrons. The van der Waals surface area contributed by atoms with Crippen molar-refractivity contribution in [1.29, 1.82) is 0 Å². The zero-order valence-corrected chi connectivity index (χ0v) is 19.6. The monoisotopic (exact) mass is 481 g/mol. The van der Waals surface area contributed by atoms with E-state index in [1.807, 2.05) is 0 Å². The second kappa shape index (κ2) is 9.48. The van der Waals surface area contributed by atoms with Gasteiger partial charge in [0.2, 0.25) is 0 Å². The smallest absolute Gasteiger partial charge is 0.448 e. The molecular formula is C24H30F3N3O4. The van der Waals surface area contributed by atoms with Gasteiger partial charge in [0.1, 0.15) is 12.0 Å². The van der Waals surface area contributed by atoms with Crippen molar-refractivity contribution in [2.45, 2.75) is 50.8 Å². The molecule has 0 spiro atoms. The number of likely N-dealkylation sites (tertiary alicyclic amines) is 1. The third kappa shape index (κ3) is 5.84. The van der Waals surface area contributed by atoms with E-state index in [1.165, 1.54) is 12.1 Å². The molecule has 2 fully saturated rings. The molecule has 2 amide bonds. The molecule has 186 valence electrons. The van der Waals surface area contributed by atoms with E-state index >= 15 is 0 Å². The molecule has 34 heavy (non-hydrogen) atoms. The fraction of sp³-hybridized carbons (Fsp3) is 0.583. The first-order valence-corrected chi connectivity index (χ1v) is 11.4. The van der Waals surface area contributed by atoms with Crippen LogP contribution in [0.5, 0.6) is 5.75 Å². The third-order valence-corrected chi connectivity index (χ3v) is 6.23. The van der Waals surface area contributed by atoms with Crippen LogP contribution >= 0.6 is 0 Å². The third-order valence-electron chi connectivity index (χ3n) is 6.23. The molecule has 1 aromatic heterocycles. The lowest BCUT2D eigenvalue weighted by Crippen LogP contribution is -2.52. The van der Waals surface area contributed by atoms with Crippen LogP contribution < -0.4 is 4.74 Å². The van der Waals surface area contributed by atoms with Crippen LogP contribution in [-0.2, 0) is 10.2 Å². The van der Waals surface area contributed by atoms with Crippen molar-refractivity contribution in [3.05, 3.63) is 47.7 Å². The quantitative estimate of drug-likeness (QED) is 0.624. The van der Waals surface area contributed by atoms with E-state index < -0.39 is 6.36 Å². The molecule has 1 aromatic carbocycles. The molecule has 0 aliphatic carbocycles. The largest absolute Gasteiger partial charge is 0.573 e. The molecule has 2 aliphatic heterocycles. The number of hydrogen-bond donors (Lipinski definition) is 0. The maximum absolute atomic E-state index is 13.3. The Balaban J connectivity index is 1.57. The van der Waals surface area contributed by atoms with Gasteiger partial charge in [-0.05, 0) is 24.1 Å². The minimum Gasteiger partial charge on any atom is -0.448 e. The van der Waals surface area contributed by atoms with Crippen LogP contribution in [-0.4, -0.2) is 66.6 Å². The van der Waals surface area contributed by atoms with Crippen molar-refractivity contribution in [2.75, 3.05) is 39.4 Å². The number of ether oxygens (including phenoxy) is 2. The van der Waals surface area contributed by atoms with Gasteiger partial charge in [-0.15, -0.1) is 13.2 Å². The molecule has 2 aliphatic rings. The molecule has 3 heterocycles. The van der Waals surface area contributed by atoms with E-state index in [9.17, 15) is 18.0 Å². The molecular weight excluding hydrogens is 451 g/mol. The number of carbonyl (C=O) groups is 1. The summed E-state index contributed by atoms with van der Waals surface area (Å²) in [6.45, 7) is 9.14. The summed E-state index contributed by atoms with van der Waals surface area (Å²) >= 11 is 0. The lowest BCUT2D eigenvalue weighted by atomic mass is 9.84. The van der Waals surface area contributed by atoms with Crippen molar-refractivity contribution >= 4 is 6.03 Å². The van der Waals surface area contributed by atoms with Gasteiger partial charge < -0.3 is 23.7 Å². The first-order chi connectivity index (χ1) is 16.0. The van der Waals surface area contributed by atoms with Gasteiger partial charge in [0.25, 0.3) is 0 Å². The predicted octanol–water partition coefficient (Wildman–Crippen LogP) is 4.90. The first kappa shape index (κ1) is 24.4. The Morgan fingerprint density at radius 3 is 2.26 bits per heavy atom. The summed E-state index contributed by atoms with van der Waals surface area (Å²) in [6, 6.07) is 5.80. The zero-order chi connectivity index (χ0) is 24.5. The molecule has 0 N–H and O–H groups in total. The summed E-state index contributed by atoms with van der Waals surface area (Å²) in [5.74, 6) is 0.0819. The molecule has 2 saturated heterocycles. The molecule has 2 unspecified atom stereocenters. The highest BCUT2D eigenvalue weighted by molar-refractivity contribution is 5.75. The topological polar surface area (TPSA) is 68.0 Å². The molecule has 0 saturated carbocycles. The van der Waals surface area contributed by atoms with Gasteiger partial charge in [-0.1, -0.05) is 32.9 Å². The highest BCUT2D eigenvalue weighted by Gasteiger charge is 2.37. The van der Waals surface area contributed by atoms with Gasteiger partial charge >= 0.3 is 12.4 Å². The first-order valence-electron chi connectivity index (χ1n) is 11.4. The Hall–Kier alpha value is -2.75. The number of benzene rings is 1. The number of aromatic nitrogens is 1. The summed E-state index contributed by atoms with van der Waals surface area (Å²) in [5, 5.41) is 0. The van der Waals surface area contributed by atoms with Crippen LogP contribution in [0.3, 0.4) is 0 Å². The molecule has 4 rings (SSSR count). The minimum absolute atomic E-state index is 0.0716. The van der Waals surface area contributed by atoms with E-state index in [1.54, 1.807) is 28.2 Å². The van der Waals surface area contributed by atoms with Crippen molar-refractivity contribution in [3.8, 4) is 5.75 Å². The number of piperidine rings is 1. The number of morpholine rings is 1. The van der Waals surface area contributed by atoms with Crippen molar-refractivity contribution in [1.82, 2.24) is 14.8 Å². The maximum atomic E-state index is 13.3. The number of carbonyl (C=O) groups excluding carboxylic acids is 1. The standard InChI is InChI=1S/C24H30F3N3O4/c1-23(2,3)20-15-33-21(28-20)18-12-17(16-4-6-19(7-5-16)34-24(25,26)27)13-30(14-18)22(31)29-8-10-32-11-9-29/h4-7,15,17-18H,8-14H2,1-3H3. The van der Waals surface area contributed by atoms with E-state index in [0.29, 0.717) is 51.7 Å². The average Bonchev–Trinajstić information content (AvgIpc) is 3.29. The Labute approximate surface area is 196 Å². The van der Waals surface area contributed by atoms with Crippen LogP contribution in [0.1, 0.15) is 56.2 Å². The lowest BCUT2D eigenvalue weighted by molar-refractivity contribution is -0.274. The van der Waals surface area contributed by atoms with Gasteiger partial charge in [-0.2, -0.15) is 0 Å². The minimum atomic E-state index is -4.74. The van der Waals surface area contributed by atoms with Gasteiger partial charge in [0.15, 0.2) is 5.89 Å². The molecule has 10 heteroatoms. The molecule has 2 atom stereocenters.